The van der Waals surface area contributed by atoms with Gasteiger partial charge in [-0.05, 0) is 25.5 Å². The van der Waals surface area contributed by atoms with Crippen LogP contribution in [0, 0.1) is 13.8 Å². The molecule has 0 atom stereocenters. The van der Waals surface area contributed by atoms with E-state index in [0.717, 1.165) is 28.1 Å². The summed E-state index contributed by atoms with van der Waals surface area (Å²) in [4.78, 5) is 18.5. The van der Waals surface area contributed by atoms with Gasteiger partial charge in [0.1, 0.15) is 6.54 Å². The highest BCUT2D eigenvalue weighted by Gasteiger charge is 2.24. The van der Waals surface area contributed by atoms with Crippen LogP contribution in [0.1, 0.15) is 22.3 Å². The Kier molecular flexibility index (Phi) is 3.34. The largest absolute Gasteiger partial charge is 0.313 e. The van der Waals surface area contributed by atoms with Crippen LogP contribution in [0.15, 0.2) is 47.5 Å². The Balaban J connectivity index is 2.29. The minimum absolute atomic E-state index is 0.0223. The molecule has 0 saturated carbocycles. The Morgan fingerprint density at radius 3 is 2.52 bits per heavy atom. The Morgan fingerprint density at radius 1 is 1.10 bits per heavy atom. The maximum Gasteiger partial charge on any atom is 0.248 e. The first-order chi connectivity index (χ1) is 10.1. The van der Waals surface area contributed by atoms with Crippen molar-refractivity contribution in [1.29, 1.82) is 0 Å². The van der Waals surface area contributed by atoms with Crippen molar-refractivity contribution in [2.45, 2.75) is 13.8 Å². The fourth-order valence-corrected chi connectivity index (χ4v) is 2.89. The predicted octanol–water partition coefficient (Wildman–Crippen LogP) is 3.12. The maximum atomic E-state index is 12.2. The van der Waals surface area contributed by atoms with Crippen molar-refractivity contribution < 1.29 is 4.79 Å². The topological polar surface area (TPSA) is 32.7 Å². The number of benzene rings is 2. The molecule has 2 aromatic carbocycles. The van der Waals surface area contributed by atoms with Crippen molar-refractivity contribution in [2.75, 3.05) is 18.5 Å². The zero-order chi connectivity index (χ0) is 15.0. The number of rotatable bonds is 1. The number of nitrogens with zero attached hydrogens (tertiary/aromatic N) is 2. The Bertz CT molecular complexity index is 732. The first kappa shape index (κ1) is 13.6. The van der Waals surface area contributed by atoms with E-state index in [1.165, 1.54) is 5.56 Å². The van der Waals surface area contributed by atoms with Crippen LogP contribution in [0.4, 0.5) is 5.69 Å². The number of amides is 1. The molecule has 3 nitrogen and oxygen atoms in total. The highest BCUT2D eigenvalue weighted by atomic mass is 16.2. The second-order valence-electron chi connectivity index (χ2n) is 5.46. The highest BCUT2D eigenvalue weighted by molar-refractivity contribution is 6.20. The van der Waals surface area contributed by atoms with Gasteiger partial charge in [0, 0.05) is 18.2 Å². The molecule has 1 aliphatic heterocycles. The monoisotopic (exact) mass is 278 g/mol. The molecule has 1 heterocycles. The van der Waals surface area contributed by atoms with Gasteiger partial charge in [-0.25, -0.2) is 0 Å². The third-order valence-electron chi connectivity index (χ3n) is 3.83. The minimum Gasteiger partial charge on any atom is -0.313 e. The number of carbonyl (C=O) groups is 1. The van der Waals surface area contributed by atoms with E-state index in [1.807, 2.05) is 44.3 Å². The fourth-order valence-electron chi connectivity index (χ4n) is 2.89. The smallest absolute Gasteiger partial charge is 0.248 e. The summed E-state index contributed by atoms with van der Waals surface area (Å²) < 4.78 is 0. The first-order valence-electron chi connectivity index (χ1n) is 7.06. The molecule has 2 aromatic rings. The molecule has 0 fully saturated rings. The lowest BCUT2D eigenvalue weighted by Gasteiger charge is -2.21. The lowest BCUT2D eigenvalue weighted by atomic mass is 9.96. The molecule has 0 radical (unpaired) electrons. The minimum atomic E-state index is 0.0223. The Labute approximate surface area is 124 Å². The van der Waals surface area contributed by atoms with Gasteiger partial charge in [0.25, 0.3) is 0 Å². The van der Waals surface area contributed by atoms with E-state index in [1.54, 1.807) is 4.90 Å². The number of likely N-dealkylation sites (N-methyl/N-ethyl adjacent to an activating group) is 1. The lowest BCUT2D eigenvalue weighted by Crippen LogP contribution is -2.28. The van der Waals surface area contributed by atoms with Gasteiger partial charge in [-0.2, -0.15) is 0 Å². The molecule has 0 bridgehead atoms. The summed E-state index contributed by atoms with van der Waals surface area (Å²) in [7, 11) is 1.83. The van der Waals surface area contributed by atoms with Crippen LogP contribution < -0.4 is 4.90 Å². The molecule has 0 aliphatic carbocycles. The van der Waals surface area contributed by atoms with Gasteiger partial charge in [0.2, 0.25) is 5.91 Å². The van der Waals surface area contributed by atoms with Crippen LogP contribution in [0.25, 0.3) is 0 Å². The second-order valence-corrected chi connectivity index (χ2v) is 5.46. The van der Waals surface area contributed by atoms with Gasteiger partial charge in [-0.1, -0.05) is 42.0 Å². The van der Waals surface area contributed by atoms with Crippen LogP contribution >= 0.6 is 0 Å². The number of carbonyl (C=O) groups excluding carboxylic acids is 1. The molecule has 3 rings (SSSR count). The molecule has 0 unspecified atom stereocenters. The van der Waals surface area contributed by atoms with E-state index in [0.29, 0.717) is 0 Å². The number of aryl methyl sites for hydroxylation is 2. The molecular formula is C18H18N2O. The standard InChI is InChI=1S/C18H18N2O/c1-12-9-13(2)18-15(10-12)17(14-7-5-4-6-8-14)19-11-16(21)20(18)3/h4-10H,11H2,1-3H3. The Hall–Kier alpha value is -2.42. The van der Waals surface area contributed by atoms with Gasteiger partial charge in [-0.15, -0.1) is 0 Å². The van der Waals surface area contributed by atoms with E-state index in [-0.39, 0.29) is 12.5 Å². The van der Waals surface area contributed by atoms with E-state index < -0.39 is 0 Å². The maximum absolute atomic E-state index is 12.2. The summed E-state index contributed by atoms with van der Waals surface area (Å²) in [6, 6.07) is 14.3. The molecule has 0 aromatic heterocycles. The van der Waals surface area contributed by atoms with E-state index in [4.69, 9.17) is 0 Å². The van der Waals surface area contributed by atoms with E-state index >= 15 is 0 Å². The Morgan fingerprint density at radius 2 is 1.81 bits per heavy atom. The number of hydrogen-bond acceptors (Lipinski definition) is 2. The third kappa shape index (κ3) is 2.35. The van der Waals surface area contributed by atoms with Crippen molar-refractivity contribution in [3.63, 3.8) is 0 Å². The van der Waals surface area contributed by atoms with Crippen molar-refractivity contribution in [3.05, 3.63) is 64.7 Å². The number of benzodiazepines with no additional fused rings is 1. The van der Waals surface area contributed by atoms with Crippen LogP contribution in [-0.2, 0) is 4.79 Å². The molecular weight excluding hydrogens is 260 g/mol. The zero-order valence-electron chi connectivity index (χ0n) is 12.6. The number of fused-ring (bicyclic) bond motifs is 1. The molecule has 0 spiro atoms. The summed E-state index contributed by atoms with van der Waals surface area (Å²) in [6.45, 7) is 4.31. The van der Waals surface area contributed by atoms with E-state index in [2.05, 4.69) is 24.0 Å². The van der Waals surface area contributed by atoms with Crippen LogP contribution in [0.2, 0.25) is 0 Å². The quantitative estimate of drug-likeness (QED) is 0.789. The second kappa shape index (κ2) is 5.17. The molecule has 0 saturated heterocycles. The van der Waals surface area contributed by atoms with Crippen molar-refractivity contribution in [2.24, 2.45) is 4.99 Å². The van der Waals surface area contributed by atoms with Gasteiger partial charge in [-0.3, -0.25) is 9.79 Å². The van der Waals surface area contributed by atoms with Gasteiger partial charge < -0.3 is 4.90 Å². The van der Waals surface area contributed by atoms with Crippen molar-refractivity contribution in [1.82, 2.24) is 0 Å². The number of aliphatic imine (C=N–C) groups is 1. The van der Waals surface area contributed by atoms with Gasteiger partial charge in [0.15, 0.2) is 0 Å². The molecule has 3 heteroatoms. The van der Waals surface area contributed by atoms with Crippen LogP contribution in [0.5, 0.6) is 0 Å². The van der Waals surface area contributed by atoms with E-state index in [9.17, 15) is 4.79 Å². The summed E-state index contributed by atoms with van der Waals surface area (Å²) in [6.07, 6.45) is 0. The summed E-state index contributed by atoms with van der Waals surface area (Å²) in [5, 5.41) is 0. The summed E-state index contributed by atoms with van der Waals surface area (Å²) in [5.41, 5.74) is 6.23. The van der Waals surface area contributed by atoms with Gasteiger partial charge in [0.05, 0.1) is 11.4 Å². The lowest BCUT2D eigenvalue weighted by molar-refractivity contribution is -0.116. The summed E-state index contributed by atoms with van der Waals surface area (Å²) in [5.74, 6) is 0.0223. The molecule has 1 amide bonds. The average Bonchev–Trinajstić information content (AvgIpc) is 2.58. The predicted molar refractivity (Wildman–Crippen MR) is 86.3 cm³/mol. The zero-order valence-corrected chi connectivity index (χ0v) is 12.6. The van der Waals surface area contributed by atoms with Gasteiger partial charge >= 0.3 is 0 Å². The normalized spacial score (nSPS) is 14.5. The molecule has 1 aliphatic rings. The van der Waals surface area contributed by atoms with Crippen LogP contribution in [0.3, 0.4) is 0 Å². The van der Waals surface area contributed by atoms with Crippen LogP contribution in [-0.4, -0.2) is 25.2 Å². The first-order valence-corrected chi connectivity index (χ1v) is 7.06. The SMILES string of the molecule is Cc1cc(C)c2c(c1)C(c1ccccc1)=NCC(=O)N2C. The third-order valence-corrected chi connectivity index (χ3v) is 3.83. The number of anilines is 1. The molecule has 0 N–H and O–H groups in total. The van der Waals surface area contributed by atoms with Crippen molar-refractivity contribution in [3.8, 4) is 0 Å². The molecule has 106 valence electrons. The fraction of sp³-hybridized carbons (Fsp3) is 0.222. The number of hydrogen-bond donors (Lipinski definition) is 0. The highest BCUT2D eigenvalue weighted by Crippen LogP contribution is 2.30. The summed E-state index contributed by atoms with van der Waals surface area (Å²) >= 11 is 0. The molecule has 21 heavy (non-hydrogen) atoms. The van der Waals surface area contributed by atoms with Crippen molar-refractivity contribution >= 4 is 17.3 Å². The average molecular weight is 278 g/mol.